The van der Waals surface area contributed by atoms with Crippen LogP contribution in [0.2, 0.25) is 0 Å². The topological polar surface area (TPSA) is 85.3 Å². The van der Waals surface area contributed by atoms with Crippen molar-refractivity contribution in [3.8, 4) is 11.5 Å². The first kappa shape index (κ1) is 20.9. The first-order valence-electron chi connectivity index (χ1n) is 10.2. The quantitative estimate of drug-likeness (QED) is 0.436. The van der Waals surface area contributed by atoms with Crippen LogP contribution in [0.25, 0.3) is 5.76 Å². The number of aliphatic hydroxyl groups excluding tert-OH is 1. The maximum atomic E-state index is 13.2. The second kappa shape index (κ2) is 8.81. The van der Waals surface area contributed by atoms with E-state index in [0.717, 1.165) is 12.8 Å². The van der Waals surface area contributed by atoms with Gasteiger partial charge in [0.25, 0.3) is 11.7 Å². The van der Waals surface area contributed by atoms with Crippen LogP contribution in [0.3, 0.4) is 0 Å². The number of methoxy groups -OCH3 is 2. The maximum absolute atomic E-state index is 13.2. The van der Waals surface area contributed by atoms with E-state index in [9.17, 15) is 14.7 Å². The Balaban J connectivity index is 1.89. The standard InChI is InChI=1S/C24H25NO6/c1-29-18-11-5-3-9-16(18)21-20(22(26)17-10-4-6-12-19(17)30-2)23(27)24(28)25(21)14-15-8-7-13-31-15/h3-6,9-12,15,21,26H,7-8,13-14H2,1-2H3/b22-20+. The Hall–Kier alpha value is -3.32. The van der Waals surface area contributed by atoms with Crippen LogP contribution in [0, 0.1) is 0 Å². The van der Waals surface area contributed by atoms with Crippen molar-refractivity contribution in [2.75, 3.05) is 27.4 Å². The third kappa shape index (κ3) is 3.77. The summed E-state index contributed by atoms with van der Waals surface area (Å²) < 4.78 is 16.6. The first-order valence-corrected chi connectivity index (χ1v) is 10.2. The van der Waals surface area contributed by atoms with Gasteiger partial charge in [-0.1, -0.05) is 30.3 Å². The third-order valence-corrected chi connectivity index (χ3v) is 5.76. The Kier molecular flexibility index (Phi) is 5.95. The number of benzene rings is 2. The van der Waals surface area contributed by atoms with Crippen molar-refractivity contribution in [3.63, 3.8) is 0 Å². The van der Waals surface area contributed by atoms with E-state index >= 15 is 0 Å². The SMILES string of the molecule is COc1ccccc1/C(O)=C1\C(=O)C(=O)N(CC2CCCO2)C1c1ccccc1OC. The van der Waals surface area contributed by atoms with Gasteiger partial charge in [-0.3, -0.25) is 9.59 Å². The number of amides is 1. The number of aliphatic hydroxyl groups is 1. The molecule has 2 aromatic rings. The lowest BCUT2D eigenvalue weighted by atomic mass is 9.94. The van der Waals surface area contributed by atoms with Gasteiger partial charge in [0.05, 0.1) is 37.5 Å². The summed E-state index contributed by atoms with van der Waals surface area (Å²) in [6, 6.07) is 13.2. The number of likely N-dealkylation sites (tertiary alicyclic amines) is 1. The minimum absolute atomic E-state index is 0.0111. The molecule has 2 saturated heterocycles. The smallest absolute Gasteiger partial charge is 0.295 e. The molecule has 2 atom stereocenters. The number of carbonyl (C=O) groups is 2. The van der Waals surface area contributed by atoms with E-state index in [1.165, 1.54) is 19.1 Å². The summed E-state index contributed by atoms with van der Waals surface area (Å²) in [6.45, 7) is 0.894. The summed E-state index contributed by atoms with van der Waals surface area (Å²) in [5.41, 5.74) is 0.982. The molecule has 0 spiro atoms. The van der Waals surface area contributed by atoms with E-state index in [-0.39, 0.29) is 24.0 Å². The molecule has 7 heteroatoms. The molecule has 2 aromatic carbocycles. The van der Waals surface area contributed by atoms with Gasteiger partial charge in [0, 0.05) is 18.7 Å². The second-order valence-corrected chi connectivity index (χ2v) is 7.53. The zero-order valence-corrected chi connectivity index (χ0v) is 17.5. The highest BCUT2D eigenvalue weighted by Gasteiger charge is 2.48. The molecule has 2 heterocycles. The van der Waals surface area contributed by atoms with Gasteiger partial charge in [0.15, 0.2) is 0 Å². The molecule has 162 valence electrons. The van der Waals surface area contributed by atoms with Gasteiger partial charge in [-0.25, -0.2) is 0 Å². The van der Waals surface area contributed by atoms with Gasteiger partial charge in [-0.15, -0.1) is 0 Å². The van der Waals surface area contributed by atoms with Crippen molar-refractivity contribution < 1.29 is 28.9 Å². The maximum Gasteiger partial charge on any atom is 0.295 e. The molecule has 2 aliphatic heterocycles. The van der Waals surface area contributed by atoms with E-state index in [0.29, 0.717) is 29.2 Å². The van der Waals surface area contributed by atoms with Crippen LogP contribution < -0.4 is 9.47 Å². The van der Waals surface area contributed by atoms with Gasteiger partial charge in [0.1, 0.15) is 17.3 Å². The van der Waals surface area contributed by atoms with E-state index < -0.39 is 17.7 Å². The molecule has 2 aliphatic rings. The summed E-state index contributed by atoms with van der Waals surface area (Å²) in [7, 11) is 3.02. The number of hydrogen-bond donors (Lipinski definition) is 1. The Morgan fingerprint density at radius 3 is 2.42 bits per heavy atom. The average molecular weight is 423 g/mol. The van der Waals surface area contributed by atoms with Crippen molar-refractivity contribution in [3.05, 3.63) is 65.2 Å². The number of para-hydroxylation sites is 2. The van der Waals surface area contributed by atoms with Crippen molar-refractivity contribution in [2.45, 2.75) is 25.0 Å². The fourth-order valence-electron chi connectivity index (χ4n) is 4.28. The highest BCUT2D eigenvalue weighted by Crippen LogP contribution is 2.44. The third-order valence-electron chi connectivity index (χ3n) is 5.76. The molecule has 1 N–H and O–H groups in total. The Labute approximate surface area is 180 Å². The van der Waals surface area contributed by atoms with E-state index in [4.69, 9.17) is 14.2 Å². The predicted molar refractivity (Wildman–Crippen MR) is 114 cm³/mol. The number of ketones is 1. The fourth-order valence-corrected chi connectivity index (χ4v) is 4.28. The van der Waals surface area contributed by atoms with E-state index in [2.05, 4.69) is 0 Å². The van der Waals surface area contributed by atoms with Crippen LogP contribution in [-0.2, 0) is 14.3 Å². The lowest BCUT2D eigenvalue weighted by molar-refractivity contribution is -0.140. The minimum atomic E-state index is -0.801. The molecule has 0 saturated carbocycles. The van der Waals surface area contributed by atoms with E-state index in [1.54, 1.807) is 36.4 Å². The summed E-state index contributed by atoms with van der Waals surface area (Å²) >= 11 is 0. The largest absolute Gasteiger partial charge is 0.507 e. The van der Waals surface area contributed by atoms with Gasteiger partial charge < -0.3 is 24.2 Å². The first-order chi connectivity index (χ1) is 15.1. The summed E-state index contributed by atoms with van der Waals surface area (Å²) in [5.74, 6) is -0.747. The van der Waals surface area contributed by atoms with Gasteiger partial charge in [0.2, 0.25) is 0 Å². The zero-order chi connectivity index (χ0) is 22.0. The van der Waals surface area contributed by atoms with Crippen LogP contribution >= 0.6 is 0 Å². The van der Waals surface area contributed by atoms with Crippen molar-refractivity contribution >= 4 is 17.4 Å². The fraction of sp³-hybridized carbons (Fsp3) is 0.333. The molecular formula is C24H25NO6. The normalized spacial score (nSPS) is 22.7. The molecule has 0 radical (unpaired) electrons. The molecule has 31 heavy (non-hydrogen) atoms. The molecule has 0 aromatic heterocycles. The van der Waals surface area contributed by atoms with Crippen LogP contribution in [0.1, 0.15) is 30.0 Å². The molecule has 0 aliphatic carbocycles. The molecular weight excluding hydrogens is 398 g/mol. The number of nitrogens with zero attached hydrogens (tertiary/aromatic N) is 1. The summed E-state index contributed by atoms with van der Waals surface area (Å²) in [4.78, 5) is 27.7. The van der Waals surface area contributed by atoms with Crippen molar-refractivity contribution in [1.82, 2.24) is 4.90 Å². The van der Waals surface area contributed by atoms with Crippen LogP contribution in [0.4, 0.5) is 0 Å². The number of ether oxygens (including phenoxy) is 3. The zero-order valence-electron chi connectivity index (χ0n) is 17.5. The van der Waals surface area contributed by atoms with Crippen LogP contribution in [0.5, 0.6) is 11.5 Å². The summed E-state index contributed by atoms with van der Waals surface area (Å²) in [6.07, 6.45) is 1.57. The monoisotopic (exact) mass is 423 g/mol. The van der Waals surface area contributed by atoms with Gasteiger partial charge >= 0.3 is 0 Å². The Morgan fingerprint density at radius 2 is 1.74 bits per heavy atom. The minimum Gasteiger partial charge on any atom is -0.507 e. The van der Waals surface area contributed by atoms with Crippen molar-refractivity contribution in [2.24, 2.45) is 0 Å². The van der Waals surface area contributed by atoms with Gasteiger partial charge in [-0.05, 0) is 31.0 Å². The van der Waals surface area contributed by atoms with Crippen LogP contribution in [-0.4, -0.2) is 55.2 Å². The number of Topliss-reactive ketones (excluding diaryl/α,β-unsaturated/α-hetero) is 1. The molecule has 1 amide bonds. The lowest BCUT2D eigenvalue weighted by Crippen LogP contribution is -2.36. The van der Waals surface area contributed by atoms with Crippen LogP contribution in [0.15, 0.2) is 54.1 Å². The molecule has 7 nitrogen and oxygen atoms in total. The average Bonchev–Trinajstić information content (AvgIpc) is 3.41. The number of carbonyl (C=O) groups excluding carboxylic acids is 2. The Morgan fingerprint density at radius 1 is 1.06 bits per heavy atom. The van der Waals surface area contributed by atoms with Gasteiger partial charge in [-0.2, -0.15) is 0 Å². The second-order valence-electron chi connectivity index (χ2n) is 7.53. The molecule has 0 bridgehead atoms. The molecule has 2 fully saturated rings. The molecule has 2 unspecified atom stereocenters. The Bertz CT molecular complexity index is 1020. The molecule has 4 rings (SSSR count). The van der Waals surface area contributed by atoms with E-state index in [1.807, 2.05) is 12.1 Å². The highest BCUT2D eigenvalue weighted by atomic mass is 16.5. The summed E-state index contributed by atoms with van der Waals surface area (Å²) in [5, 5.41) is 11.2. The predicted octanol–water partition coefficient (Wildman–Crippen LogP) is 3.30. The number of rotatable bonds is 6. The lowest BCUT2D eigenvalue weighted by Gasteiger charge is -2.28. The number of hydrogen-bond acceptors (Lipinski definition) is 6. The van der Waals surface area contributed by atoms with Crippen molar-refractivity contribution in [1.29, 1.82) is 0 Å². The highest BCUT2D eigenvalue weighted by molar-refractivity contribution is 6.46.